The summed E-state index contributed by atoms with van der Waals surface area (Å²) in [5.74, 6) is -0.154. The maximum Gasteiger partial charge on any atom is 0.180 e. The highest BCUT2D eigenvalue weighted by Gasteiger charge is 2.09. The molecule has 2 N–H and O–H groups in total. The van der Waals surface area contributed by atoms with E-state index in [2.05, 4.69) is 9.97 Å². The van der Waals surface area contributed by atoms with Gasteiger partial charge in [-0.25, -0.2) is 14.4 Å². The van der Waals surface area contributed by atoms with Crippen molar-refractivity contribution in [2.24, 2.45) is 0 Å². The van der Waals surface area contributed by atoms with Crippen LogP contribution in [0.5, 0.6) is 5.75 Å². The van der Waals surface area contributed by atoms with Crippen LogP contribution < -0.4 is 10.5 Å². The Morgan fingerprint density at radius 1 is 1.30 bits per heavy atom. The molecule has 0 bridgehead atoms. The summed E-state index contributed by atoms with van der Waals surface area (Å²) in [5.41, 5.74) is 6.41. The minimum atomic E-state index is -0.378. The Morgan fingerprint density at radius 3 is 2.90 bits per heavy atom. The first-order valence-corrected chi connectivity index (χ1v) is 7.45. The smallest absolute Gasteiger partial charge is 0.180 e. The van der Waals surface area contributed by atoms with Crippen molar-refractivity contribution in [1.82, 2.24) is 9.97 Å². The molecule has 0 unspecified atom stereocenters. The number of anilines is 1. The zero-order chi connectivity index (χ0) is 13.9. The lowest BCUT2D eigenvalue weighted by atomic mass is 10.3. The van der Waals surface area contributed by atoms with Crippen molar-refractivity contribution in [2.45, 2.75) is 6.61 Å². The molecular formula is C13H10FN3OS2. The number of rotatable bonds is 4. The Bertz CT molecular complexity index is 726. The number of nitrogen functional groups attached to an aromatic ring is 1. The molecule has 4 nitrogen and oxygen atoms in total. The Labute approximate surface area is 122 Å². The second-order valence-electron chi connectivity index (χ2n) is 3.91. The molecule has 7 heteroatoms. The number of nitrogens with two attached hydrogens (primary N) is 1. The van der Waals surface area contributed by atoms with Gasteiger partial charge in [-0.3, -0.25) is 0 Å². The average Bonchev–Trinajstić information content (AvgIpc) is 3.06. The Morgan fingerprint density at radius 2 is 2.15 bits per heavy atom. The molecule has 0 saturated carbocycles. The highest BCUT2D eigenvalue weighted by Crippen LogP contribution is 2.28. The molecule has 0 aliphatic carbocycles. The fourth-order valence-corrected chi connectivity index (χ4v) is 3.03. The van der Waals surface area contributed by atoms with E-state index in [0.717, 1.165) is 15.6 Å². The zero-order valence-electron chi connectivity index (χ0n) is 10.2. The molecule has 1 aromatic carbocycles. The molecule has 0 aliphatic rings. The normalized spacial score (nSPS) is 10.7. The molecule has 0 aliphatic heterocycles. The molecule has 0 amide bonds. The third-order valence-electron chi connectivity index (χ3n) is 2.52. The van der Waals surface area contributed by atoms with Crippen LogP contribution in [0, 0.1) is 5.82 Å². The van der Waals surface area contributed by atoms with Gasteiger partial charge in [-0.1, -0.05) is 12.1 Å². The molecule has 102 valence electrons. The number of para-hydroxylation sites is 1. The van der Waals surface area contributed by atoms with E-state index < -0.39 is 0 Å². The highest BCUT2D eigenvalue weighted by atomic mass is 32.1. The molecule has 0 saturated heterocycles. The molecule has 0 radical (unpaired) electrons. The van der Waals surface area contributed by atoms with Gasteiger partial charge in [0.2, 0.25) is 0 Å². The number of benzene rings is 1. The zero-order valence-corrected chi connectivity index (χ0v) is 11.9. The first-order valence-electron chi connectivity index (χ1n) is 5.76. The second-order valence-corrected chi connectivity index (χ2v) is 5.91. The number of hydrogen-bond acceptors (Lipinski definition) is 6. The Balaban J connectivity index is 1.70. The topological polar surface area (TPSA) is 61.0 Å². The SMILES string of the molecule is Nc1nc(-c2cnc(COc3ccccc3F)s2)cs1. The van der Waals surface area contributed by atoms with Crippen molar-refractivity contribution in [1.29, 1.82) is 0 Å². The van der Waals surface area contributed by atoms with Crippen LogP contribution in [0.4, 0.5) is 9.52 Å². The first-order chi connectivity index (χ1) is 9.72. The number of ether oxygens (including phenoxy) is 1. The van der Waals surface area contributed by atoms with Crippen LogP contribution in [0.2, 0.25) is 0 Å². The third-order valence-corrected chi connectivity index (χ3v) is 4.18. The van der Waals surface area contributed by atoms with E-state index in [1.54, 1.807) is 24.4 Å². The summed E-state index contributed by atoms with van der Waals surface area (Å²) in [6.07, 6.45) is 1.72. The highest BCUT2D eigenvalue weighted by molar-refractivity contribution is 7.16. The lowest BCUT2D eigenvalue weighted by Crippen LogP contribution is -1.96. The van der Waals surface area contributed by atoms with E-state index in [4.69, 9.17) is 10.5 Å². The van der Waals surface area contributed by atoms with Crippen LogP contribution in [-0.4, -0.2) is 9.97 Å². The largest absolute Gasteiger partial charge is 0.483 e. The van der Waals surface area contributed by atoms with Crippen molar-refractivity contribution in [3.8, 4) is 16.3 Å². The second kappa shape index (κ2) is 5.56. The van der Waals surface area contributed by atoms with Gasteiger partial charge in [0.05, 0.1) is 10.6 Å². The number of aromatic nitrogens is 2. The molecule has 0 fully saturated rings. The molecule has 2 heterocycles. The standard InChI is InChI=1S/C13H10FN3OS2/c14-8-3-1-2-4-10(8)18-6-12-16-5-11(20-12)9-7-19-13(15)17-9/h1-5,7H,6H2,(H2,15,17). The van der Waals surface area contributed by atoms with Crippen LogP contribution >= 0.6 is 22.7 Å². The number of thiazole rings is 2. The Kier molecular flexibility index (Phi) is 3.62. The van der Waals surface area contributed by atoms with Crippen LogP contribution in [-0.2, 0) is 6.61 Å². The molecular weight excluding hydrogens is 297 g/mol. The van der Waals surface area contributed by atoms with E-state index in [1.165, 1.54) is 28.7 Å². The minimum Gasteiger partial charge on any atom is -0.483 e. The van der Waals surface area contributed by atoms with Gasteiger partial charge in [0.15, 0.2) is 16.7 Å². The molecule has 0 atom stereocenters. The van der Waals surface area contributed by atoms with E-state index in [0.29, 0.717) is 5.13 Å². The lowest BCUT2D eigenvalue weighted by molar-refractivity contribution is 0.290. The van der Waals surface area contributed by atoms with Gasteiger partial charge in [0.25, 0.3) is 0 Å². The number of halogens is 1. The van der Waals surface area contributed by atoms with E-state index >= 15 is 0 Å². The predicted octanol–water partition coefficient (Wildman–Crippen LogP) is 3.57. The molecule has 20 heavy (non-hydrogen) atoms. The fourth-order valence-electron chi connectivity index (χ4n) is 1.60. The van der Waals surface area contributed by atoms with Gasteiger partial charge in [-0.2, -0.15) is 0 Å². The summed E-state index contributed by atoms with van der Waals surface area (Å²) in [4.78, 5) is 9.36. The summed E-state index contributed by atoms with van der Waals surface area (Å²) >= 11 is 2.84. The molecule has 3 aromatic rings. The summed E-state index contributed by atoms with van der Waals surface area (Å²) in [6, 6.07) is 6.30. The third kappa shape index (κ3) is 2.78. The summed E-state index contributed by atoms with van der Waals surface area (Å²) < 4.78 is 18.8. The van der Waals surface area contributed by atoms with Gasteiger partial charge in [0.1, 0.15) is 11.6 Å². The summed E-state index contributed by atoms with van der Waals surface area (Å²) in [5, 5.41) is 3.16. The lowest BCUT2D eigenvalue weighted by Gasteiger charge is -2.04. The first kappa shape index (κ1) is 13.0. The van der Waals surface area contributed by atoms with Gasteiger partial charge in [-0.15, -0.1) is 22.7 Å². The van der Waals surface area contributed by atoms with E-state index in [-0.39, 0.29) is 18.2 Å². The van der Waals surface area contributed by atoms with Crippen LogP contribution in [0.1, 0.15) is 5.01 Å². The molecule has 0 spiro atoms. The van der Waals surface area contributed by atoms with Crippen molar-refractivity contribution in [3.05, 3.63) is 46.7 Å². The average molecular weight is 307 g/mol. The maximum atomic E-state index is 13.4. The van der Waals surface area contributed by atoms with Gasteiger partial charge in [0, 0.05) is 11.6 Å². The predicted molar refractivity (Wildman–Crippen MR) is 78.4 cm³/mol. The van der Waals surface area contributed by atoms with Gasteiger partial charge in [-0.05, 0) is 12.1 Å². The minimum absolute atomic E-state index is 0.224. The van der Waals surface area contributed by atoms with Crippen molar-refractivity contribution < 1.29 is 9.13 Å². The van der Waals surface area contributed by atoms with Crippen molar-refractivity contribution >= 4 is 27.8 Å². The number of nitrogens with zero attached hydrogens (tertiary/aromatic N) is 2. The maximum absolute atomic E-state index is 13.4. The number of hydrogen-bond donors (Lipinski definition) is 1. The quantitative estimate of drug-likeness (QED) is 0.800. The van der Waals surface area contributed by atoms with E-state index in [1.807, 2.05) is 5.38 Å². The molecule has 2 aromatic heterocycles. The van der Waals surface area contributed by atoms with E-state index in [9.17, 15) is 4.39 Å². The molecule has 3 rings (SSSR count). The van der Waals surface area contributed by atoms with Crippen LogP contribution in [0.15, 0.2) is 35.8 Å². The summed E-state index contributed by atoms with van der Waals surface area (Å²) in [6.45, 7) is 0.227. The Hall–Kier alpha value is -1.99. The van der Waals surface area contributed by atoms with Gasteiger partial charge >= 0.3 is 0 Å². The van der Waals surface area contributed by atoms with Crippen LogP contribution in [0.25, 0.3) is 10.6 Å². The fraction of sp³-hybridized carbons (Fsp3) is 0.0769. The monoisotopic (exact) mass is 307 g/mol. The van der Waals surface area contributed by atoms with Gasteiger partial charge < -0.3 is 10.5 Å². The van der Waals surface area contributed by atoms with Crippen LogP contribution in [0.3, 0.4) is 0 Å². The van der Waals surface area contributed by atoms with Crippen molar-refractivity contribution in [2.75, 3.05) is 5.73 Å². The van der Waals surface area contributed by atoms with Crippen molar-refractivity contribution in [3.63, 3.8) is 0 Å². The summed E-state index contributed by atoms with van der Waals surface area (Å²) in [7, 11) is 0.